The SMILES string of the molecule is CC(CO)Nc1cc(OC(F)F)c(F)cc1N. The van der Waals surface area contributed by atoms with Crippen molar-refractivity contribution in [3.05, 3.63) is 17.9 Å². The molecular formula is C10H13F3N2O2. The molecular weight excluding hydrogens is 237 g/mol. The van der Waals surface area contributed by atoms with Crippen LogP contribution in [0.15, 0.2) is 12.1 Å². The number of hydrogen-bond donors (Lipinski definition) is 3. The molecule has 1 aromatic carbocycles. The van der Waals surface area contributed by atoms with Crippen LogP contribution in [0, 0.1) is 5.82 Å². The number of ether oxygens (including phenoxy) is 1. The average molecular weight is 250 g/mol. The van der Waals surface area contributed by atoms with Crippen LogP contribution in [-0.2, 0) is 0 Å². The Balaban J connectivity index is 2.97. The largest absolute Gasteiger partial charge is 0.432 e. The topological polar surface area (TPSA) is 67.5 Å². The van der Waals surface area contributed by atoms with Gasteiger partial charge in [-0.25, -0.2) is 4.39 Å². The fraction of sp³-hybridized carbons (Fsp3) is 0.400. The maximum absolute atomic E-state index is 13.2. The Bertz CT molecular complexity index is 388. The number of nitrogen functional groups attached to an aromatic ring is 1. The van der Waals surface area contributed by atoms with Crippen LogP contribution in [0.25, 0.3) is 0 Å². The smallest absolute Gasteiger partial charge is 0.387 e. The molecule has 96 valence electrons. The summed E-state index contributed by atoms with van der Waals surface area (Å²) in [6.45, 7) is -1.64. The quantitative estimate of drug-likeness (QED) is 0.697. The standard InChI is InChI=1S/C10H13F3N2O2/c1-5(4-16)15-8-3-9(17-10(12)13)6(11)2-7(8)14/h2-3,5,10,15-16H,4,14H2,1H3. The van der Waals surface area contributed by atoms with Crippen LogP contribution in [0.1, 0.15) is 6.92 Å². The summed E-state index contributed by atoms with van der Waals surface area (Å²) in [4.78, 5) is 0. The molecule has 0 saturated heterocycles. The van der Waals surface area contributed by atoms with E-state index < -0.39 is 18.2 Å². The van der Waals surface area contributed by atoms with Gasteiger partial charge in [0.1, 0.15) is 0 Å². The van der Waals surface area contributed by atoms with Crippen LogP contribution < -0.4 is 15.8 Å². The normalized spacial score (nSPS) is 12.6. The Morgan fingerprint density at radius 3 is 2.65 bits per heavy atom. The fourth-order valence-corrected chi connectivity index (χ4v) is 1.19. The molecule has 1 aromatic rings. The minimum absolute atomic E-state index is 0.0458. The summed E-state index contributed by atoms with van der Waals surface area (Å²) in [6, 6.07) is 1.56. The van der Waals surface area contributed by atoms with Crippen LogP contribution in [0.3, 0.4) is 0 Å². The molecule has 1 rings (SSSR count). The molecule has 0 aromatic heterocycles. The van der Waals surface area contributed by atoms with Crippen molar-refractivity contribution in [2.45, 2.75) is 19.6 Å². The number of aliphatic hydroxyl groups is 1. The Hall–Kier alpha value is -1.63. The van der Waals surface area contributed by atoms with Crippen LogP contribution in [0.4, 0.5) is 24.5 Å². The number of alkyl halides is 2. The monoisotopic (exact) mass is 250 g/mol. The molecule has 1 atom stereocenters. The van der Waals surface area contributed by atoms with E-state index in [4.69, 9.17) is 10.8 Å². The van der Waals surface area contributed by atoms with Gasteiger partial charge in [0.25, 0.3) is 0 Å². The molecule has 0 amide bonds. The van der Waals surface area contributed by atoms with Gasteiger partial charge in [0.2, 0.25) is 0 Å². The Kier molecular flexibility index (Phi) is 4.45. The van der Waals surface area contributed by atoms with Gasteiger partial charge in [0.05, 0.1) is 18.0 Å². The number of nitrogens with two attached hydrogens (primary N) is 1. The lowest BCUT2D eigenvalue weighted by Crippen LogP contribution is -2.20. The first-order valence-corrected chi connectivity index (χ1v) is 4.85. The zero-order valence-electron chi connectivity index (χ0n) is 9.08. The highest BCUT2D eigenvalue weighted by molar-refractivity contribution is 5.68. The van der Waals surface area contributed by atoms with Crippen molar-refractivity contribution >= 4 is 11.4 Å². The number of anilines is 2. The number of nitrogens with one attached hydrogen (secondary N) is 1. The minimum Gasteiger partial charge on any atom is -0.432 e. The Labute approximate surface area is 96.2 Å². The van der Waals surface area contributed by atoms with E-state index in [2.05, 4.69) is 10.1 Å². The molecule has 0 heterocycles. The summed E-state index contributed by atoms with van der Waals surface area (Å²) >= 11 is 0. The molecule has 0 aliphatic rings. The van der Waals surface area contributed by atoms with Gasteiger partial charge in [-0.3, -0.25) is 0 Å². The van der Waals surface area contributed by atoms with Crippen molar-refractivity contribution in [3.8, 4) is 5.75 Å². The summed E-state index contributed by atoms with van der Waals surface area (Å²) < 4.78 is 41.1. The van der Waals surface area contributed by atoms with Gasteiger partial charge in [0.15, 0.2) is 11.6 Å². The van der Waals surface area contributed by atoms with Gasteiger partial charge in [0, 0.05) is 18.2 Å². The van der Waals surface area contributed by atoms with Crippen molar-refractivity contribution in [2.75, 3.05) is 17.7 Å². The third kappa shape index (κ3) is 3.70. The number of aliphatic hydroxyl groups excluding tert-OH is 1. The molecule has 0 aliphatic carbocycles. The second kappa shape index (κ2) is 5.62. The van der Waals surface area contributed by atoms with Crippen molar-refractivity contribution in [1.82, 2.24) is 0 Å². The molecule has 0 saturated carbocycles. The molecule has 4 nitrogen and oxygen atoms in total. The molecule has 4 N–H and O–H groups in total. The van der Waals surface area contributed by atoms with Gasteiger partial charge in [-0.2, -0.15) is 8.78 Å². The third-order valence-electron chi connectivity index (χ3n) is 2.00. The molecule has 0 fully saturated rings. The van der Waals surface area contributed by atoms with Crippen LogP contribution in [0.2, 0.25) is 0 Å². The number of rotatable bonds is 5. The van der Waals surface area contributed by atoms with E-state index in [0.29, 0.717) is 0 Å². The summed E-state index contributed by atoms with van der Waals surface area (Å²) in [7, 11) is 0. The van der Waals surface area contributed by atoms with Crippen molar-refractivity contribution in [2.24, 2.45) is 0 Å². The van der Waals surface area contributed by atoms with Crippen LogP contribution >= 0.6 is 0 Å². The van der Waals surface area contributed by atoms with Gasteiger partial charge >= 0.3 is 6.61 Å². The van der Waals surface area contributed by atoms with E-state index in [9.17, 15) is 13.2 Å². The first-order valence-electron chi connectivity index (χ1n) is 4.85. The highest BCUT2D eigenvalue weighted by atomic mass is 19.3. The second-order valence-corrected chi connectivity index (χ2v) is 3.48. The first kappa shape index (κ1) is 13.4. The zero-order valence-corrected chi connectivity index (χ0v) is 9.08. The summed E-state index contributed by atoms with van der Waals surface area (Å²) in [5.41, 5.74) is 5.77. The van der Waals surface area contributed by atoms with E-state index in [1.54, 1.807) is 6.92 Å². The summed E-state index contributed by atoms with van der Waals surface area (Å²) in [5.74, 6) is -1.56. The lowest BCUT2D eigenvalue weighted by Gasteiger charge is -2.16. The zero-order chi connectivity index (χ0) is 13.0. The van der Waals surface area contributed by atoms with Crippen LogP contribution in [0.5, 0.6) is 5.75 Å². The van der Waals surface area contributed by atoms with E-state index >= 15 is 0 Å². The molecule has 0 spiro atoms. The van der Waals surface area contributed by atoms with Crippen LogP contribution in [-0.4, -0.2) is 24.4 Å². The summed E-state index contributed by atoms with van der Waals surface area (Å²) in [5, 5.41) is 11.6. The Morgan fingerprint density at radius 2 is 2.12 bits per heavy atom. The highest BCUT2D eigenvalue weighted by Gasteiger charge is 2.14. The first-order chi connectivity index (χ1) is 7.93. The fourth-order valence-electron chi connectivity index (χ4n) is 1.19. The third-order valence-corrected chi connectivity index (χ3v) is 2.00. The predicted octanol–water partition coefficient (Wildman–Crippen LogP) is 1.80. The van der Waals surface area contributed by atoms with Gasteiger partial charge < -0.3 is 20.9 Å². The minimum atomic E-state index is -3.11. The van der Waals surface area contributed by atoms with Gasteiger partial charge in [-0.15, -0.1) is 0 Å². The van der Waals surface area contributed by atoms with E-state index in [-0.39, 0.29) is 24.0 Å². The second-order valence-electron chi connectivity index (χ2n) is 3.48. The average Bonchev–Trinajstić information content (AvgIpc) is 2.24. The predicted molar refractivity (Wildman–Crippen MR) is 57.6 cm³/mol. The van der Waals surface area contributed by atoms with Crippen molar-refractivity contribution < 1.29 is 23.0 Å². The molecule has 1 unspecified atom stereocenters. The van der Waals surface area contributed by atoms with Gasteiger partial charge in [-0.1, -0.05) is 0 Å². The summed E-state index contributed by atoms with van der Waals surface area (Å²) in [6.07, 6.45) is 0. The lowest BCUT2D eigenvalue weighted by molar-refractivity contribution is -0.0521. The molecule has 17 heavy (non-hydrogen) atoms. The van der Waals surface area contributed by atoms with Crippen molar-refractivity contribution in [3.63, 3.8) is 0 Å². The maximum Gasteiger partial charge on any atom is 0.387 e. The number of halogens is 3. The number of hydrogen-bond acceptors (Lipinski definition) is 4. The molecule has 7 heteroatoms. The molecule has 0 bridgehead atoms. The molecule has 0 radical (unpaired) electrons. The maximum atomic E-state index is 13.2. The van der Waals surface area contributed by atoms with Crippen molar-refractivity contribution in [1.29, 1.82) is 0 Å². The Morgan fingerprint density at radius 1 is 1.47 bits per heavy atom. The van der Waals surface area contributed by atoms with Gasteiger partial charge in [-0.05, 0) is 6.92 Å². The van der Waals surface area contributed by atoms with E-state index in [1.165, 1.54) is 0 Å². The lowest BCUT2D eigenvalue weighted by atomic mass is 10.2. The highest BCUT2D eigenvalue weighted by Crippen LogP contribution is 2.29. The number of benzene rings is 1. The van der Waals surface area contributed by atoms with E-state index in [1.807, 2.05) is 0 Å². The molecule has 0 aliphatic heterocycles. The van der Waals surface area contributed by atoms with E-state index in [0.717, 1.165) is 12.1 Å².